The number of carbonyl (C=O) groups excluding carboxylic acids is 1. The molecule has 0 aromatic carbocycles. The van der Waals surface area contributed by atoms with Gasteiger partial charge in [-0.15, -0.1) is 0 Å². The molecule has 0 radical (unpaired) electrons. The molecule has 1 amide bonds. The van der Waals surface area contributed by atoms with E-state index in [1.807, 2.05) is 0 Å². The van der Waals surface area contributed by atoms with Crippen LogP contribution in [0.15, 0.2) is 12.3 Å². The molecule has 0 aliphatic heterocycles. The van der Waals surface area contributed by atoms with Crippen molar-refractivity contribution >= 4 is 28.5 Å². The van der Waals surface area contributed by atoms with Gasteiger partial charge in [-0.2, -0.15) is 0 Å². The zero-order valence-electron chi connectivity index (χ0n) is 8.12. The first kappa shape index (κ1) is 11.5. The minimum atomic E-state index is -0.163. The first-order valence-corrected chi connectivity index (χ1v) is 5.36. The summed E-state index contributed by atoms with van der Waals surface area (Å²) in [7, 11) is 1.68. The summed E-state index contributed by atoms with van der Waals surface area (Å²) in [5.41, 5.74) is 0.553. The van der Waals surface area contributed by atoms with Crippen LogP contribution in [0, 0.1) is 3.57 Å². The molecule has 1 aromatic rings. The fourth-order valence-corrected chi connectivity index (χ4v) is 1.47. The van der Waals surface area contributed by atoms with Gasteiger partial charge in [0, 0.05) is 16.8 Å². The predicted octanol–water partition coefficient (Wildman–Crippen LogP) is 1.07. The number of halogens is 1. The zero-order valence-corrected chi connectivity index (χ0v) is 10.3. The lowest BCUT2D eigenvalue weighted by atomic mass is 10.3. The van der Waals surface area contributed by atoms with Gasteiger partial charge >= 0.3 is 0 Å². The number of aliphatic hydroxyl groups excluding tert-OH is 1. The molecule has 5 heteroatoms. The molecule has 1 heterocycles. The standard InChI is InChI=1S/C9H13IN2O2/c1-6(5-13)12(2)9(14)8-3-7(10)4-11-8/h3-4,6,11,13H,5H2,1-2H3. The van der Waals surface area contributed by atoms with Gasteiger partial charge in [0.1, 0.15) is 5.69 Å². The number of amides is 1. The van der Waals surface area contributed by atoms with E-state index >= 15 is 0 Å². The van der Waals surface area contributed by atoms with Crippen LogP contribution in [-0.2, 0) is 0 Å². The van der Waals surface area contributed by atoms with Crippen molar-refractivity contribution < 1.29 is 9.90 Å². The number of nitrogens with zero attached hydrogens (tertiary/aromatic N) is 1. The molecule has 0 fully saturated rings. The smallest absolute Gasteiger partial charge is 0.270 e. The van der Waals surface area contributed by atoms with Gasteiger partial charge in [-0.3, -0.25) is 4.79 Å². The Bertz CT molecular complexity index is 324. The van der Waals surface area contributed by atoms with Gasteiger partial charge < -0.3 is 15.0 Å². The van der Waals surface area contributed by atoms with E-state index < -0.39 is 0 Å². The van der Waals surface area contributed by atoms with Gasteiger partial charge in [-0.25, -0.2) is 0 Å². The summed E-state index contributed by atoms with van der Waals surface area (Å²) in [6, 6.07) is 1.62. The van der Waals surface area contributed by atoms with Crippen LogP contribution in [0.4, 0.5) is 0 Å². The quantitative estimate of drug-likeness (QED) is 0.821. The van der Waals surface area contributed by atoms with Crippen LogP contribution < -0.4 is 0 Å². The Balaban J connectivity index is 2.75. The number of aliphatic hydroxyl groups is 1. The Morgan fingerprint density at radius 1 is 1.79 bits per heavy atom. The van der Waals surface area contributed by atoms with E-state index in [0.717, 1.165) is 3.57 Å². The predicted molar refractivity (Wildman–Crippen MR) is 62.2 cm³/mol. The SMILES string of the molecule is CC(CO)N(C)C(=O)c1cc(I)c[nH]1. The Kier molecular flexibility index (Phi) is 3.94. The van der Waals surface area contributed by atoms with Gasteiger partial charge in [-0.1, -0.05) is 0 Å². The highest BCUT2D eigenvalue weighted by Crippen LogP contribution is 2.09. The number of nitrogens with one attached hydrogen (secondary N) is 1. The van der Waals surface area contributed by atoms with Crippen molar-refractivity contribution in [2.24, 2.45) is 0 Å². The summed E-state index contributed by atoms with van der Waals surface area (Å²) in [6.07, 6.45) is 1.77. The van der Waals surface area contributed by atoms with Gasteiger partial charge in [-0.05, 0) is 35.6 Å². The fraction of sp³-hybridized carbons (Fsp3) is 0.444. The largest absolute Gasteiger partial charge is 0.394 e. The lowest BCUT2D eigenvalue weighted by Crippen LogP contribution is -2.37. The van der Waals surface area contributed by atoms with E-state index in [4.69, 9.17) is 5.11 Å². The van der Waals surface area contributed by atoms with Gasteiger partial charge in [0.2, 0.25) is 0 Å². The Hall–Kier alpha value is -0.560. The van der Waals surface area contributed by atoms with Crippen LogP contribution in [0.25, 0.3) is 0 Å². The van der Waals surface area contributed by atoms with Crippen molar-refractivity contribution in [1.29, 1.82) is 0 Å². The van der Waals surface area contributed by atoms with E-state index in [9.17, 15) is 4.79 Å². The molecule has 0 aliphatic carbocycles. The van der Waals surface area contributed by atoms with Gasteiger partial charge in [0.05, 0.1) is 12.6 Å². The van der Waals surface area contributed by atoms with Crippen molar-refractivity contribution in [3.63, 3.8) is 0 Å². The van der Waals surface area contributed by atoms with E-state index in [1.54, 1.807) is 26.2 Å². The molecule has 14 heavy (non-hydrogen) atoms. The molecule has 0 saturated heterocycles. The molecular weight excluding hydrogens is 295 g/mol. The molecule has 4 nitrogen and oxygen atoms in total. The highest BCUT2D eigenvalue weighted by molar-refractivity contribution is 14.1. The molecule has 1 aromatic heterocycles. The second-order valence-electron chi connectivity index (χ2n) is 3.18. The summed E-state index contributed by atoms with van der Waals surface area (Å²) in [4.78, 5) is 16.1. The average molecular weight is 308 g/mol. The summed E-state index contributed by atoms with van der Waals surface area (Å²) < 4.78 is 0.996. The maximum Gasteiger partial charge on any atom is 0.270 e. The Morgan fingerprint density at radius 2 is 2.43 bits per heavy atom. The third-order valence-electron chi connectivity index (χ3n) is 2.12. The molecule has 1 atom stereocenters. The lowest BCUT2D eigenvalue weighted by Gasteiger charge is -2.22. The van der Waals surface area contributed by atoms with Crippen molar-refractivity contribution in [2.75, 3.05) is 13.7 Å². The second-order valence-corrected chi connectivity index (χ2v) is 4.42. The van der Waals surface area contributed by atoms with Crippen LogP contribution in [0.1, 0.15) is 17.4 Å². The summed E-state index contributed by atoms with van der Waals surface area (Å²) >= 11 is 2.13. The number of hydrogen-bond acceptors (Lipinski definition) is 2. The highest BCUT2D eigenvalue weighted by atomic mass is 127. The number of aromatic nitrogens is 1. The lowest BCUT2D eigenvalue weighted by molar-refractivity contribution is 0.0677. The molecule has 2 N–H and O–H groups in total. The van der Waals surface area contributed by atoms with Crippen LogP contribution in [0.2, 0.25) is 0 Å². The van der Waals surface area contributed by atoms with Crippen LogP contribution >= 0.6 is 22.6 Å². The van der Waals surface area contributed by atoms with Crippen molar-refractivity contribution in [1.82, 2.24) is 9.88 Å². The number of rotatable bonds is 3. The number of likely N-dealkylation sites (N-methyl/N-ethyl adjacent to an activating group) is 1. The number of H-pyrrole nitrogens is 1. The molecule has 0 saturated carbocycles. The van der Waals surface area contributed by atoms with Crippen LogP contribution in [0.5, 0.6) is 0 Å². The topological polar surface area (TPSA) is 56.3 Å². The fourth-order valence-electron chi connectivity index (χ4n) is 1.00. The number of hydrogen-bond donors (Lipinski definition) is 2. The molecule has 78 valence electrons. The van der Waals surface area contributed by atoms with Crippen molar-refractivity contribution in [3.05, 3.63) is 21.5 Å². The van der Waals surface area contributed by atoms with Crippen molar-refractivity contribution in [3.8, 4) is 0 Å². The van der Waals surface area contributed by atoms with Gasteiger partial charge in [0.25, 0.3) is 5.91 Å². The molecule has 1 rings (SSSR count). The zero-order chi connectivity index (χ0) is 10.7. The second kappa shape index (κ2) is 4.79. The molecule has 1 unspecified atom stereocenters. The van der Waals surface area contributed by atoms with E-state index in [1.165, 1.54) is 4.90 Å². The third-order valence-corrected chi connectivity index (χ3v) is 2.75. The minimum Gasteiger partial charge on any atom is -0.394 e. The monoisotopic (exact) mass is 308 g/mol. The maximum absolute atomic E-state index is 11.7. The van der Waals surface area contributed by atoms with E-state index in [2.05, 4.69) is 27.6 Å². The minimum absolute atomic E-state index is 0.0277. The first-order valence-electron chi connectivity index (χ1n) is 4.28. The van der Waals surface area contributed by atoms with Gasteiger partial charge in [0.15, 0.2) is 0 Å². The van der Waals surface area contributed by atoms with E-state index in [-0.39, 0.29) is 18.6 Å². The van der Waals surface area contributed by atoms with Crippen molar-refractivity contribution in [2.45, 2.75) is 13.0 Å². The first-order chi connectivity index (χ1) is 6.56. The number of aromatic amines is 1. The Morgan fingerprint density at radius 3 is 2.86 bits per heavy atom. The summed E-state index contributed by atoms with van der Waals surface area (Å²) in [5, 5.41) is 8.90. The maximum atomic E-state index is 11.7. The average Bonchev–Trinajstić information content (AvgIpc) is 2.61. The molecular formula is C9H13IN2O2. The normalized spacial score (nSPS) is 12.6. The van der Waals surface area contributed by atoms with Crippen LogP contribution in [-0.4, -0.2) is 40.6 Å². The number of carbonyl (C=O) groups is 1. The molecule has 0 aliphatic rings. The summed E-state index contributed by atoms with van der Waals surface area (Å²) in [6.45, 7) is 1.77. The molecule has 0 spiro atoms. The molecule has 0 bridgehead atoms. The third kappa shape index (κ3) is 2.48. The van der Waals surface area contributed by atoms with E-state index in [0.29, 0.717) is 5.69 Å². The summed E-state index contributed by atoms with van der Waals surface area (Å²) in [5.74, 6) is -0.102. The highest BCUT2D eigenvalue weighted by Gasteiger charge is 2.17. The van der Waals surface area contributed by atoms with Crippen LogP contribution in [0.3, 0.4) is 0 Å². The Labute approximate surface area is 96.4 Å².